The summed E-state index contributed by atoms with van der Waals surface area (Å²) in [7, 11) is -3.40. The van der Waals surface area contributed by atoms with Crippen LogP contribution in [0.2, 0.25) is 0 Å². The fraction of sp³-hybridized carbons (Fsp3) is 0.571. The number of rotatable bonds is 9. The van der Waals surface area contributed by atoms with Gasteiger partial charge in [-0.15, -0.1) is 0 Å². The summed E-state index contributed by atoms with van der Waals surface area (Å²) in [6, 6.07) is 7.63. The van der Waals surface area contributed by atoms with E-state index < -0.39 is 10.2 Å². The van der Waals surface area contributed by atoms with Crippen LogP contribution in [0.25, 0.3) is 0 Å². The van der Waals surface area contributed by atoms with Gasteiger partial charge in [0.25, 0.3) is 10.2 Å². The predicted octanol–water partition coefficient (Wildman–Crippen LogP) is 1.60. The zero-order valence-electron chi connectivity index (χ0n) is 12.3. The van der Waals surface area contributed by atoms with E-state index in [1.54, 1.807) is 0 Å². The van der Waals surface area contributed by atoms with Crippen LogP contribution in [0.4, 0.5) is 0 Å². The third-order valence-corrected chi connectivity index (χ3v) is 4.56. The number of hydrogen-bond donors (Lipinski definition) is 2. The fourth-order valence-corrected chi connectivity index (χ4v) is 3.29. The Morgan fingerprint density at radius 3 is 2.00 bits per heavy atom. The molecule has 3 N–H and O–H groups in total. The minimum Gasteiger partial charge on any atom is -0.326 e. The molecule has 0 aliphatic heterocycles. The zero-order chi connectivity index (χ0) is 15.0. The van der Waals surface area contributed by atoms with Crippen molar-refractivity contribution < 1.29 is 8.42 Å². The molecule has 1 aromatic rings. The van der Waals surface area contributed by atoms with Crippen molar-refractivity contribution in [3.05, 3.63) is 35.4 Å². The standard InChI is InChI=1S/C14H25N3O2S/c1-3-9-17(10-4-2)20(18,19)16-12-14-7-5-13(11-15)6-8-14/h5-8,16H,3-4,9-12,15H2,1-2H3. The Morgan fingerprint density at radius 1 is 1.05 bits per heavy atom. The Hall–Kier alpha value is -0.950. The second kappa shape index (κ2) is 8.36. The highest BCUT2D eigenvalue weighted by Gasteiger charge is 2.19. The summed E-state index contributed by atoms with van der Waals surface area (Å²) in [5.41, 5.74) is 7.50. The molecule has 0 fully saturated rings. The van der Waals surface area contributed by atoms with Gasteiger partial charge >= 0.3 is 0 Å². The lowest BCUT2D eigenvalue weighted by Gasteiger charge is -2.21. The van der Waals surface area contributed by atoms with E-state index in [1.807, 2.05) is 38.1 Å². The highest BCUT2D eigenvalue weighted by molar-refractivity contribution is 7.87. The van der Waals surface area contributed by atoms with Gasteiger partial charge in [-0.05, 0) is 24.0 Å². The molecule has 1 rings (SSSR count). The normalized spacial score (nSPS) is 12.0. The lowest BCUT2D eigenvalue weighted by atomic mass is 10.1. The largest absolute Gasteiger partial charge is 0.326 e. The molecule has 0 aliphatic rings. The summed E-state index contributed by atoms with van der Waals surface area (Å²) in [6.07, 6.45) is 1.62. The highest BCUT2D eigenvalue weighted by atomic mass is 32.2. The highest BCUT2D eigenvalue weighted by Crippen LogP contribution is 2.06. The van der Waals surface area contributed by atoms with Gasteiger partial charge in [-0.2, -0.15) is 17.4 Å². The van der Waals surface area contributed by atoms with Crippen molar-refractivity contribution in [1.29, 1.82) is 0 Å². The number of hydrogen-bond acceptors (Lipinski definition) is 3. The van der Waals surface area contributed by atoms with Crippen LogP contribution in [0.15, 0.2) is 24.3 Å². The maximum Gasteiger partial charge on any atom is 0.279 e. The minimum atomic E-state index is -3.40. The summed E-state index contributed by atoms with van der Waals surface area (Å²) in [5.74, 6) is 0. The Bertz CT molecular complexity index is 480. The first kappa shape index (κ1) is 17.1. The molecule has 20 heavy (non-hydrogen) atoms. The number of nitrogens with zero attached hydrogens (tertiary/aromatic N) is 1. The van der Waals surface area contributed by atoms with E-state index in [4.69, 9.17) is 5.73 Å². The third-order valence-electron chi connectivity index (χ3n) is 3.00. The molecule has 0 bridgehead atoms. The smallest absolute Gasteiger partial charge is 0.279 e. The van der Waals surface area contributed by atoms with E-state index in [-0.39, 0.29) is 0 Å². The third kappa shape index (κ3) is 5.20. The quantitative estimate of drug-likeness (QED) is 0.727. The van der Waals surface area contributed by atoms with Gasteiger partial charge in [0.05, 0.1) is 0 Å². The molecule has 6 heteroatoms. The van der Waals surface area contributed by atoms with Gasteiger partial charge < -0.3 is 5.73 Å². The van der Waals surface area contributed by atoms with Crippen molar-refractivity contribution in [3.8, 4) is 0 Å². The summed E-state index contributed by atoms with van der Waals surface area (Å²) in [6.45, 7) is 5.85. The molecule has 0 aliphatic carbocycles. The van der Waals surface area contributed by atoms with Gasteiger partial charge in [-0.25, -0.2) is 0 Å². The van der Waals surface area contributed by atoms with Gasteiger partial charge in [0.2, 0.25) is 0 Å². The molecule has 0 radical (unpaired) electrons. The van der Waals surface area contributed by atoms with Crippen LogP contribution in [-0.2, 0) is 23.3 Å². The van der Waals surface area contributed by atoms with Gasteiger partial charge in [0, 0.05) is 26.2 Å². The summed E-state index contributed by atoms with van der Waals surface area (Å²) in [4.78, 5) is 0. The Morgan fingerprint density at radius 2 is 1.55 bits per heavy atom. The lowest BCUT2D eigenvalue weighted by molar-refractivity contribution is 0.401. The Balaban J connectivity index is 2.64. The molecule has 114 valence electrons. The van der Waals surface area contributed by atoms with Crippen molar-refractivity contribution in [2.24, 2.45) is 5.73 Å². The molecule has 0 heterocycles. The van der Waals surface area contributed by atoms with E-state index in [9.17, 15) is 8.42 Å². The minimum absolute atomic E-state index is 0.303. The van der Waals surface area contributed by atoms with Gasteiger partial charge in [0.15, 0.2) is 0 Å². The van der Waals surface area contributed by atoms with Gasteiger partial charge in [0.1, 0.15) is 0 Å². The van der Waals surface area contributed by atoms with E-state index in [1.165, 1.54) is 4.31 Å². The van der Waals surface area contributed by atoms with Gasteiger partial charge in [-0.3, -0.25) is 0 Å². The van der Waals surface area contributed by atoms with Crippen molar-refractivity contribution in [2.75, 3.05) is 13.1 Å². The zero-order valence-corrected chi connectivity index (χ0v) is 13.1. The molecule has 0 saturated carbocycles. The van der Waals surface area contributed by atoms with Crippen LogP contribution in [0.1, 0.15) is 37.8 Å². The number of nitrogens with one attached hydrogen (secondary N) is 1. The first-order chi connectivity index (χ1) is 9.53. The van der Waals surface area contributed by atoms with Crippen LogP contribution in [0.5, 0.6) is 0 Å². The topological polar surface area (TPSA) is 75.4 Å². The predicted molar refractivity (Wildman–Crippen MR) is 82.2 cm³/mol. The van der Waals surface area contributed by atoms with E-state index in [0.29, 0.717) is 26.2 Å². The number of benzene rings is 1. The summed E-state index contributed by atoms with van der Waals surface area (Å²) >= 11 is 0. The molecule has 5 nitrogen and oxygen atoms in total. The molecule has 0 atom stereocenters. The molecule has 0 amide bonds. The summed E-state index contributed by atoms with van der Waals surface area (Å²) < 4.78 is 28.6. The van der Waals surface area contributed by atoms with Crippen molar-refractivity contribution in [1.82, 2.24) is 9.03 Å². The SMILES string of the molecule is CCCN(CCC)S(=O)(=O)NCc1ccc(CN)cc1. The molecule has 0 unspecified atom stereocenters. The van der Waals surface area contributed by atoms with Crippen molar-refractivity contribution >= 4 is 10.2 Å². The average molecular weight is 299 g/mol. The first-order valence-electron chi connectivity index (χ1n) is 7.06. The average Bonchev–Trinajstić information content (AvgIpc) is 2.45. The molecule has 1 aromatic carbocycles. The Kier molecular flexibility index (Phi) is 7.15. The summed E-state index contributed by atoms with van der Waals surface area (Å²) in [5, 5.41) is 0. The lowest BCUT2D eigenvalue weighted by Crippen LogP contribution is -2.41. The second-order valence-corrected chi connectivity index (χ2v) is 6.50. The van der Waals surface area contributed by atoms with Crippen LogP contribution in [0, 0.1) is 0 Å². The molecule has 0 spiro atoms. The van der Waals surface area contributed by atoms with Crippen LogP contribution < -0.4 is 10.5 Å². The molecular formula is C14H25N3O2S. The second-order valence-electron chi connectivity index (χ2n) is 4.75. The van der Waals surface area contributed by atoms with Crippen molar-refractivity contribution in [3.63, 3.8) is 0 Å². The number of nitrogens with two attached hydrogens (primary N) is 1. The van der Waals surface area contributed by atoms with Gasteiger partial charge in [-0.1, -0.05) is 38.1 Å². The van der Waals surface area contributed by atoms with Crippen molar-refractivity contribution in [2.45, 2.75) is 39.8 Å². The maximum absolute atomic E-state index is 12.2. The Labute approximate surface area is 122 Å². The molecule has 0 saturated heterocycles. The van der Waals surface area contributed by atoms with E-state index in [0.717, 1.165) is 24.0 Å². The van der Waals surface area contributed by atoms with E-state index >= 15 is 0 Å². The molecular weight excluding hydrogens is 274 g/mol. The van der Waals surface area contributed by atoms with Crippen LogP contribution in [-0.4, -0.2) is 25.8 Å². The van der Waals surface area contributed by atoms with E-state index in [2.05, 4.69) is 4.72 Å². The maximum atomic E-state index is 12.2. The van der Waals surface area contributed by atoms with Crippen LogP contribution in [0.3, 0.4) is 0 Å². The van der Waals surface area contributed by atoms with Crippen LogP contribution >= 0.6 is 0 Å². The first-order valence-corrected chi connectivity index (χ1v) is 8.50. The molecule has 0 aromatic heterocycles. The fourth-order valence-electron chi connectivity index (χ4n) is 1.91. The monoisotopic (exact) mass is 299 g/mol.